The average molecular weight is 424 g/mol. The summed E-state index contributed by atoms with van der Waals surface area (Å²) in [5.41, 5.74) is 2.69. The second-order valence-corrected chi connectivity index (χ2v) is 7.76. The minimum absolute atomic E-state index is 0.162. The van der Waals surface area contributed by atoms with Crippen LogP contribution < -0.4 is 5.32 Å². The minimum atomic E-state index is -0.162. The van der Waals surface area contributed by atoms with Crippen molar-refractivity contribution >= 4 is 66.4 Å². The molecular formula is C13H10Br2ClNOS. The number of rotatable bonds is 2. The van der Waals surface area contributed by atoms with E-state index in [1.165, 1.54) is 11.3 Å². The van der Waals surface area contributed by atoms with Crippen LogP contribution in [0, 0.1) is 13.8 Å². The molecule has 1 N–H and O–H groups in total. The van der Waals surface area contributed by atoms with Gasteiger partial charge in [-0.25, -0.2) is 0 Å². The number of thiophene rings is 1. The highest BCUT2D eigenvalue weighted by Crippen LogP contribution is 2.34. The van der Waals surface area contributed by atoms with E-state index in [0.717, 1.165) is 19.4 Å². The molecule has 1 heterocycles. The van der Waals surface area contributed by atoms with Gasteiger partial charge in [-0.15, -0.1) is 11.3 Å². The molecule has 0 unspecified atom stereocenters. The molecule has 0 aliphatic heterocycles. The fourth-order valence-corrected chi connectivity index (χ4v) is 4.01. The molecule has 0 saturated heterocycles. The number of benzene rings is 1. The second-order valence-electron chi connectivity index (χ2n) is 4.13. The van der Waals surface area contributed by atoms with Gasteiger partial charge in [0.05, 0.1) is 19.4 Å². The Kier molecular flexibility index (Phi) is 4.71. The first-order valence-corrected chi connectivity index (χ1v) is 8.19. The first-order valence-electron chi connectivity index (χ1n) is 5.41. The summed E-state index contributed by atoms with van der Waals surface area (Å²) in [6, 6.07) is 5.60. The molecule has 0 spiro atoms. The van der Waals surface area contributed by atoms with E-state index in [-0.39, 0.29) is 5.91 Å². The summed E-state index contributed by atoms with van der Waals surface area (Å²) in [4.78, 5) is 12.8. The maximum Gasteiger partial charge on any atom is 0.265 e. The van der Waals surface area contributed by atoms with E-state index in [4.69, 9.17) is 11.6 Å². The fourth-order valence-electron chi connectivity index (χ4n) is 1.71. The van der Waals surface area contributed by atoms with Crippen LogP contribution in [0.25, 0.3) is 0 Å². The van der Waals surface area contributed by atoms with Gasteiger partial charge in [0, 0.05) is 4.47 Å². The lowest BCUT2D eigenvalue weighted by molar-refractivity contribution is 0.103. The summed E-state index contributed by atoms with van der Waals surface area (Å²) in [5.74, 6) is -0.162. The molecule has 2 rings (SSSR count). The van der Waals surface area contributed by atoms with Gasteiger partial charge in [-0.2, -0.15) is 0 Å². The molecule has 2 aromatic rings. The van der Waals surface area contributed by atoms with Crippen molar-refractivity contribution < 1.29 is 4.79 Å². The molecular weight excluding hydrogens is 413 g/mol. The Morgan fingerprint density at radius 1 is 1.26 bits per heavy atom. The molecule has 0 fully saturated rings. The number of carbonyl (C=O) groups excluding carboxylic acids is 1. The third kappa shape index (κ3) is 3.40. The smallest absolute Gasteiger partial charge is 0.265 e. The highest BCUT2D eigenvalue weighted by atomic mass is 79.9. The lowest BCUT2D eigenvalue weighted by Crippen LogP contribution is -2.11. The minimum Gasteiger partial charge on any atom is -0.320 e. The number of nitrogens with one attached hydrogen (secondary N) is 1. The van der Waals surface area contributed by atoms with Gasteiger partial charge in [0.1, 0.15) is 0 Å². The monoisotopic (exact) mass is 421 g/mol. The third-order valence-corrected chi connectivity index (χ3v) is 6.09. The second kappa shape index (κ2) is 5.95. The number of carbonyl (C=O) groups is 1. The Hall–Kier alpha value is -0.360. The molecule has 0 aliphatic carbocycles. The van der Waals surface area contributed by atoms with Gasteiger partial charge in [0.25, 0.3) is 5.91 Å². The van der Waals surface area contributed by atoms with Crippen LogP contribution in [-0.2, 0) is 0 Å². The highest BCUT2D eigenvalue weighted by Gasteiger charge is 2.15. The first kappa shape index (κ1) is 15.0. The Morgan fingerprint density at radius 3 is 2.47 bits per heavy atom. The molecule has 0 saturated carbocycles. The van der Waals surface area contributed by atoms with Crippen LogP contribution in [0.1, 0.15) is 20.8 Å². The molecule has 1 aromatic carbocycles. The van der Waals surface area contributed by atoms with Gasteiger partial charge in [-0.05, 0) is 69.0 Å². The van der Waals surface area contributed by atoms with Crippen molar-refractivity contribution in [3.8, 4) is 0 Å². The number of hydrogen-bond donors (Lipinski definition) is 1. The third-order valence-electron chi connectivity index (χ3n) is 2.54. The van der Waals surface area contributed by atoms with Crippen molar-refractivity contribution in [2.75, 3.05) is 5.32 Å². The van der Waals surface area contributed by atoms with Crippen molar-refractivity contribution in [1.29, 1.82) is 0 Å². The molecule has 2 nitrogen and oxygen atoms in total. The van der Waals surface area contributed by atoms with Gasteiger partial charge in [-0.1, -0.05) is 17.7 Å². The summed E-state index contributed by atoms with van der Waals surface area (Å²) in [7, 11) is 0. The summed E-state index contributed by atoms with van der Waals surface area (Å²) in [6.45, 7) is 3.90. The molecule has 0 atom stereocenters. The van der Waals surface area contributed by atoms with Gasteiger partial charge in [-0.3, -0.25) is 4.79 Å². The SMILES string of the molecule is Cc1cc(C)c(NC(=O)c2cc(Br)c(Br)s2)c(Cl)c1. The Morgan fingerprint density at radius 2 is 1.95 bits per heavy atom. The number of amides is 1. The maximum absolute atomic E-state index is 12.2. The molecule has 19 heavy (non-hydrogen) atoms. The Balaban J connectivity index is 2.29. The molecule has 1 aromatic heterocycles. The van der Waals surface area contributed by atoms with Crippen LogP contribution in [0.5, 0.6) is 0 Å². The maximum atomic E-state index is 12.2. The summed E-state index contributed by atoms with van der Waals surface area (Å²) < 4.78 is 1.76. The molecule has 0 bridgehead atoms. The normalized spacial score (nSPS) is 10.6. The van der Waals surface area contributed by atoms with E-state index < -0.39 is 0 Å². The zero-order valence-electron chi connectivity index (χ0n) is 10.2. The van der Waals surface area contributed by atoms with Crippen molar-refractivity contribution in [2.45, 2.75) is 13.8 Å². The van der Waals surface area contributed by atoms with E-state index in [0.29, 0.717) is 15.6 Å². The van der Waals surface area contributed by atoms with Gasteiger partial charge in [0.2, 0.25) is 0 Å². The lowest BCUT2D eigenvalue weighted by Gasteiger charge is -2.10. The predicted octanol–water partition coefficient (Wildman–Crippen LogP) is 5.80. The zero-order valence-corrected chi connectivity index (χ0v) is 14.9. The van der Waals surface area contributed by atoms with Gasteiger partial charge < -0.3 is 5.32 Å². The van der Waals surface area contributed by atoms with E-state index in [9.17, 15) is 4.79 Å². The highest BCUT2D eigenvalue weighted by molar-refractivity contribution is 9.13. The standard InChI is InChI=1S/C13H10Br2ClNOS/c1-6-3-7(2)11(9(16)4-6)17-13(18)10-5-8(14)12(15)19-10/h3-5H,1-2H3,(H,17,18). The number of halogens is 3. The summed E-state index contributed by atoms with van der Waals surface area (Å²) in [5, 5.41) is 3.42. The Labute approximate surface area is 137 Å². The molecule has 0 radical (unpaired) electrons. The van der Waals surface area contributed by atoms with Crippen LogP contribution in [0.15, 0.2) is 26.5 Å². The van der Waals surface area contributed by atoms with E-state index in [1.54, 1.807) is 6.07 Å². The summed E-state index contributed by atoms with van der Waals surface area (Å²) in [6.07, 6.45) is 0. The number of anilines is 1. The van der Waals surface area contributed by atoms with Crippen LogP contribution in [-0.4, -0.2) is 5.91 Å². The predicted molar refractivity (Wildman–Crippen MR) is 88.6 cm³/mol. The largest absolute Gasteiger partial charge is 0.320 e. The van der Waals surface area contributed by atoms with Crippen LogP contribution in [0.4, 0.5) is 5.69 Å². The van der Waals surface area contributed by atoms with Crippen molar-refractivity contribution in [1.82, 2.24) is 0 Å². The molecule has 0 aliphatic rings. The summed E-state index contributed by atoms with van der Waals surface area (Å²) >= 11 is 14.3. The van der Waals surface area contributed by atoms with E-state index in [2.05, 4.69) is 37.2 Å². The zero-order chi connectivity index (χ0) is 14.2. The van der Waals surface area contributed by atoms with Crippen LogP contribution in [0.3, 0.4) is 0 Å². The van der Waals surface area contributed by atoms with Crippen LogP contribution >= 0.6 is 54.8 Å². The number of aryl methyl sites for hydroxylation is 2. The van der Waals surface area contributed by atoms with Gasteiger partial charge >= 0.3 is 0 Å². The fraction of sp³-hybridized carbons (Fsp3) is 0.154. The van der Waals surface area contributed by atoms with Crippen molar-refractivity contribution in [3.63, 3.8) is 0 Å². The van der Waals surface area contributed by atoms with E-state index >= 15 is 0 Å². The Bertz CT molecular complexity index is 612. The topological polar surface area (TPSA) is 29.1 Å². The molecule has 1 amide bonds. The van der Waals surface area contributed by atoms with Crippen molar-refractivity contribution in [2.24, 2.45) is 0 Å². The average Bonchev–Trinajstić information content (AvgIpc) is 2.64. The molecule has 6 heteroatoms. The number of hydrogen-bond acceptors (Lipinski definition) is 2. The lowest BCUT2D eigenvalue weighted by atomic mass is 10.1. The quantitative estimate of drug-likeness (QED) is 0.650. The van der Waals surface area contributed by atoms with E-state index in [1.807, 2.05) is 26.0 Å². The van der Waals surface area contributed by atoms with Gasteiger partial charge in [0.15, 0.2) is 0 Å². The first-order chi connectivity index (χ1) is 8.88. The molecule has 100 valence electrons. The van der Waals surface area contributed by atoms with Crippen molar-refractivity contribution in [3.05, 3.63) is 47.5 Å². The van der Waals surface area contributed by atoms with Crippen LogP contribution in [0.2, 0.25) is 5.02 Å².